The number of hydrogen-bond acceptors (Lipinski definition) is 6. The van der Waals surface area contributed by atoms with Crippen molar-refractivity contribution in [1.82, 2.24) is 10.6 Å². The fraction of sp³-hybridized carbons (Fsp3) is 0.571. The summed E-state index contributed by atoms with van der Waals surface area (Å²) in [6.45, 7) is 8.91. The topological polar surface area (TPSA) is 103 Å². The number of methoxy groups -OCH3 is 1. The van der Waals surface area contributed by atoms with Crippen LogP contribution in [0.3, 0.4) is 0 Å². The molecule has 0 unspecified atom stereocenters. The molecule has 8 heteroatoms. The molecule has 1 aromatic rings. The first kappa shape index (κ1) is 24.4. The third-order valence-electron chi connectivity index (χ3n) is 3.82. The second-order valence-corrected chi connectivity index (χ2v) is 7.95. The van der Waals surface area contributed by atoms with E-state index in [0.717, 1.165) is 5.56 Å². The first-order valence-corrected chi connectivity index (χ1v) is 9.53. The van der Waals surface area contributed by atoms with E-state index in [1.54, 1.807) is 34.6 Å². The Morgan fingerprint density at radius 1 is 1.03 bits per heavy atom. The summed E-state index contributed by atoms with van der Waals surface area (Å²) in [5.74, 6) is -1.32. The molecule has 0 aromatic heterocycles. The predicted octanol–water partition coefficient (Wildman–Crippen LogP) is 2.41. The highest BCUT2D eigenvalue weighted by Gasteiger charge is 2.30. The maximum absolute atomic E-state index is 12.8. The Kier molecular flexibility index (Phi) is 9.61. The molecular weight excluding hydrogens is 376 g/mol. The SMILES string of the molecule is COC(=O)[C@@H](NC(=O)[C@H](COCc1ccccc1)NC(=O)OC(C)(C)C)C(C)C. The minimum Gasteiger partial charge on any atom is -0.467 e. The van der Waals surface area contributed by atoms with Gasteiger partial charge in [-0.15, -0.1) is 0 Å². The number of nitrogens with one attached hydrogen (secondary N) is 2. The summed E-state index contributed by atoms with van der Waals surface area (Å²) in [5.41, 5.74) is 0.209. The van der Waals surface area contributed by atoms with Gasteiger partial charge in [0.05, 0.1) is 20.3 Å². The molecule has 0 saturated carbocycles. The van der Waals surface area contributed by atoms with Gasteiger partial charge in [0.25, 0.3) is 0 Å². The molecule has 1 rings (SSSR count). The molecule has 2 atom stereocenters. The second-order valence-electron chi connectivity index (χ2n) is 7.95. The third-order valence-corrected chi connectivity index (χ3v) is 3.82. The fourth-order valence-corrected chi connectivity index (χ4v) is 2.38. The van der Waals surface area contributed by atoms with Crippen LogP contribution < -0.4 is 10.6 Å². The molecule has 0 spiro atoms. The zero-order valence-corrected chi connectivity index (χ0v) is 18.0. The van der Waals surface area contributed by atoms with Crippen LogP contribution in [0.25, 0.3) is 0 Å². The molecule has 162 valence electrons. The lowest BCUT2D eigenvalue weighted by molar-refractivity contribution is -0.146. The summed E-state index contributed by atoms with van der Waals surface area (Å²) >= 11 is 0. The minimum absolute atomic E-state index is 0.0913. The van der Waals surface area contributed by atoms with E-state index < -0.39 is 35.7 Å². The number of carbonyl (C=O) groups is 3. The van der Waals surface area contributed by atoms with E-state index in [9.17, 15) is 14.4 Å². The van der Waals surface area contributed by atoms with E-state index in [4.69, 9.17) is 14.2 Å². The number of alkyl carbamates (subject to hydrolysis) is 1. The number of rotatable bonds is 9. The van der Waals surface area contributed by atoms with Gasteiger partial charge in [-0.25, -0.2) is 9.59 Å². The van der Waals surface area contributed by atoms with Crippen LogP contribution in [-0.4, -0.2) is 49.4 Å². The summed E-state index contributed by atoms with van der Waals surface area (Å²) in [4.78, 5) is 36.8. The molecule has 0 aliphatic heterocycles. The fourth-order valence-electron chi connectivity index (χ4n) is 2.38. The molecule has 29 heavy (non-hydrogen) atoms. The van der Waals surface area contributed by atoms with E-state index in [1.165, 1.54) is 7.11 Å². The van der Waals surface area contributed by atoms with Crippen molar-refractivity contribution in [2.45, 2.75) is 58.9 Å². The standard InChI is InChI=1S/C21H32N2O6/c1-14(2)17(19(25)27-6)23-18(24)16(22-20(26)29-21(3,4)5)13-28-12-15-10-8-7-9-11-15/h7-11,14,16-17H,12-13H2,1-6H3,(H,22,26)(H,23,24)/t16-,17-/m0/s1. The van der Waals surface area contributed by atoms with Crippen molar-refractivity contribution in [2.24, 2.45) is 5.92 Å². The Labute approximate surface area is 172 Å². The zero-order chi connectivity index (χ0) is 22.0. The largest absolute Gasteiger partial charge is 0.467 e. The quantitative estimate of drug-likeness (QED) is 0.608. The molecule has 0 radical (unpaired) electrons. The van der Waals surface area contributed by atoms with Crippen molar-refractivity contribution in [2.75, 3.05) is 13.7 Å². The summed E-state index contributed by atoms with van der Waals surface area (Å²) < 4.78 is 15.6. The average molecular weight is 408 g/mol. The van der Waals surface area contributed by atoms with Gasteiger partial charge in [0.15, 0.2) is 0 Å². The predicted molar refractivity (Wildman–Crippen MR) is 108 cm³/mol. The third kappa shape index (κ3) is 9.43. The Morgan fingerprint density at radius 3 is 2.17 bits per heavy atom. The van der Waals surface area contributed by atoms with Gasteiger partial charge in [0.1, 0.15) is 17.7 Å². The van der Waals surface area contributed by atoms with Gasteiger partial charge in [-0.2, -0.15) is 0 Å². The Bertz CT molecular complexity index is 669. The van der Waals surface area contributed by atoms with Crippen LogP contribution in [-0.2, 0) is 30.4 Å². The molecule has 8 nitrogen and oxygen atoms in total. The molecule has 0 heterocycles. The monoisotopic (exact) mass is 408 g/mol. The van der Waals surface area contributed by atoms with E-state index in [1.807, 2.05) is 30.3 Å². The zero-order valence-electron chi connectivity index (χ0n) is 18.0. The highest BCUT2D eigenvalue weighted by atomic mass is 16.6. The van der Waals surface area contributed by atoms with Gasteiger partial charge < -0.3 is 24.8 Å². The number of amides is 2. The summed E-state index contributed by atoms with van der Waals surface area (Å²) in [5, 5.41) is 5.13. The molecule has 0 saturated heterocycles. The molecule has 0 aliphatic carbocycles. The van der Waals surface area contributed by atoms with Crippen LogP contribution in [0.5, 0.6) is 0 Å². The summed E-state index contributed by atoms with van der Waals surface area (Å²) in [7, 11) is 1.25. The van der Waals surface area contributed by atoms with Gasteiger partial charge in [-0.1, -0.05) is 44.2 Å². The summed E-state index contributed by atoms with van der Waals surface area (Å²) in [6, 6.07) is 7.55. The van der Waals surface area contributed by atoms with E-state index in [2.05, 4.69) is 10.6 Å². The van der Waals surface area contributed by atoms with E-state index >= 15 is 0 Å². The van der Waals surface area contributed by atoms with Crippen LogP contribution in [0.4, 0.5) is 4.79 Å². The molecule has 0 bridgehead atoms. The lowest BCUT2D eigenvalue weighted by Crippen LogP contribution is -2.55. The Hall–Kier alpha value is -2.61. The number of ether oxygens (including phenoxy) is 3. The normalized spacial score (nSPS) is 13.3. The first-order chi connectivity index (χ1) is 13.5. The van der Waals surface area contributed by atoms with Crippen molar-refractivity contribution >= 4 is 18.0 Å². The molecular formula is C21H32N2O6. The van der Waals surface area contributed by atoms with Crippen molar-refractivity contribution in [3.63, 3.8) is 0 Å². The lowest BCUT2D eigenvalue weighted by Gasteiger charge is -2.25. The number of carbonyl (C=O) groups excluding carboxylic acids is 3. The van der Waals surface area contributed by atoms with Crippen molar-refractivity contribution < 1.29 is 28.6 Å². The maximum Gasteiger partial charge on any atom is 0.408 e. The Morgan fingerprint density at radius 2 is 1.66 bits per heavy atom. The lowest BCUT2D eigenvalue weighted by atomic mass is 10.0. The Balaban J connectivity index is 2.82. The number of esters is 1. The van der Waals surface area contributed by atoms with Gasteiger partial charge >= 0.3 is 12.1 Å². The second kappa shape index (κ2) is 11.4. The molecule has 2 N–H and O–H groups in total. The molecule has 2 amide bonds. The molecule has 0 fully saturated rings. The van der Waals surface area contributed by atoms with Crippen LogP contribution in [0.1, 0.15) is 40.2 Å². The van der Waals surface area contributed by atoms with Crippen molar-refractivity contribution in [1.29, 1.82) is 0 Å². The van der Waals surface area contributed by atoms with Crippen LogP contribution in [0.15, 0.2) is 30.3 Å². The number of benzene rings is 1. The number of hydrogen-bond donors (Lipinski definition) is 2. The highest BCUT2D eigenvalue weighted by molar-refractivity contribution is 5.89. The molecule has 0 aliphatic rings. The first-order valence-electron chi connectivity index (χ1n) is 9.53. The van der Waals surface area contributed by atoms with Crippen molar-refractivity contribution in [3.8, 4) is 0 Å². The summed E-state index contributed by atoms with van der Waals surface area (Å²) in [6.07, 6.45) is -0.750. The van der Waals surface area contributed by atoms with Crippen LogP contribution in [0, 0.1) is 5.92 Å². The van der Waals surface area contributed by atoms with Gasteiger partial charge in [-0.05, 0) is 32.3 Å². The van der Waals surface area contributed by atoms with Crippen LogP contribution >= 0.6 is 0 Å². The van der Waals surface area contributed by atoms with E-state index in [-0.39, 0.29) is 19.1 Å². The highest BCUT2D eigenvalue weighted by Crippen LogP contribution is 2.08. The minimum atomic E-state index is -1.04. The molecule has 1 aromatic carbocycles. The van der Waals surface area contributed by atoms with Gasteiger partial charge in [-0.3, -0.25) is 4.79 Å². The van der Waals surface area contributed by atoms with Crippen LogP contribution in [0.2, 0.25) is 0 Å². The van der Waals surface area contributed by atoms with E-state index in [0.29, 0.717) is 0 Å². The van der Waals surface area contributed by atoms with Crippen molar-refractivity contribution in [3.05, 3.63) is 35.9 Å². The smallest absolute Gasteiger partial charge is 0.408 e. The average Bonchev–Trinajstić information content (AvgIpc) is 2.63. The van der Waals surface area contributed by atoms with Gasteiger partial charge in [0, 0.05) is 0 Å². The van der Waals surface area contributed by atoms with Gasteiger partial charge in [0.2, 0.25) is 5.91 Å². The maximum atomic E-state index is 12.8.